The van der Waals surface area contributed by atoms with Gasteiger partial charge in [0.15, 0.2) is 6.10 Å². The van der Waals surface area contributed by atoms with E-state index in [-0.39, 0.29) is 28.8 Å². The molecular weight excluding hydrogens is 512 g/mol. The lowest BCUT2D eigenvalue weighted by Crippen LogP contribution is -2.66. The lowest BCUT2D eigenvalue weighted by molar-refractivity contribution is -0.166. The number of hydrogen-bond donors (Lipinski definition) is 1. The predicted octanol–water partition coefficient (Wildman–Crippen LogP) is 3.66. The van der Waals surface area contributed by atoms with Gasteiger partial charge < -0.3 is 22.4 Å². The molecule has 0 radical (unpaired) electrons. The summed E-state index contributed by atoms with van der Waals surface area (Å²) in [6.45, 7) is 22.2. The third-order valence-corrected chi connectivity index (χ3v) is 17.8. The van der Waals surface area contributed by atoms with Gasteiger partial charge >= 0.3 is 28.8 Å². The lowest BCUT2D eigenvalue weighted by Gasteiger charge is -2.51. The van der Waals surface area contributed by atoms with E-state index in [0.717, 1.165) is 0 Å². The van der Waals surface area contributed by atoms with Crippen molar-refractivity contribution in [1.82, 2.24) is 9.55 Å². The summed E-state index contributed by atoms with van der Waals surface area (Å²) in [7, 11) is -5.91. The Balaban J connectivity index is 2.27. The topological polar surface area (TPSA) is 118 Å². The number of carbonyl (C=O) groups excluding carboxylic acids is 1. The molecule has 37 heavy (non-hydrogen) atoms. The van der Waals surface area contributed by atoms with Crippen LogP contribution < -0.4 is 11.2 Å². The van der Waals surface area contributed by atoms with Crippen LogP contribution in [0.2, 0.25) is 22.2 Å². The van der Waals surface area contributed by atoms with Gasteiger partial charge in [-0.2, -0.15) is 0 Å². The van der Waals surface area contributed by atoms with Crippen LogP contribution in [0.1, 0.15) is 62.3 Å². The number of H-pyrrole nitrogens is 1. The number of nitrogens with one attached hydrogen (secondary N) is 1. The molecule has 0 unspecified atom stereocenters. The smallest absolute Gasteiger partial charge is 0.335 e. The van der Waals surface area contributed by atoms with E-state index in [1.54, 1.807) is 0 Å². The highest BCUT2D eigenvalue weighted by Gasteiger charge is 2.65. The van der Waals surface area contributed by atoms with Crippen molar-refractivity contribution in [2.45, 2.75) is 109 Å². The first-order valence-corrected chi connectivity index (χ1v) is 16.9. The van der Waals surface area contributed by atoms with Crippen LogP contribution in [0.5, 0.6) is 0 Å². The fourth-order valence-corrected chi connectivity index (χ4v) is 16.9. The molecule has 12 heteroatoms. The third-order valence-electron chi connectivity index (χ3n) is 7.53. The SMILES string of the molecule is C=C[C@@]1(n2ccc(=O)[nH]c2=O)O[C@@H]2CO[Si](C(C)C)(C(C)C)O[Si](C(C)C)(C(C)C)O[C@H]2[C@H]1OC(C)=O. The van der Waals surface area contributed by atoms with Gasteiger partial charge in [-0.3, -0.25) is 19.1 Å². The van der Waals surface area contributed by atoms with Gasteiger partial charge in [-0.15, -0.1) is 0 Å². The zero-order valence-corrected chi connectivity index (χ0v) is 25.4. The quantitative estimate of drug-likeness (QED) is 0.308. The zero-order valence-electron chi connectivity index (χ0n) is 23.4. The average molecular weight is 555 g/mol. The summed E-state index contributed by atoms with van der Waals surface area (Å²) in [4.78, 5) is 39.4. The molecule has 0 spiro atoms. The molecule has 10 nitrogen and oxygen atoms in total. The van der Waals surface area contributed by atoms with Gasteiger partial charge in [0, 0.05) is 19.2 Å². The van der Waals surface area contributed by atoms with Crippen LogP contribution >= 0.6 is 0 Å². The number of carbonyl (C=O) groups is 1. The van der Waals surface area contributed by atoms with Crippen molar-refractivity contribution in [3.8, 4) is 0 Å². The Morgan fingerprint density at radius 1 is 1.11 bits per heavy atom. The average Bonchev–Trinajstić information content (AvgIpc) is 3.05. The van der Waals surface area contributed by atoms with E-state index < -0.39 is 58.4 Å². The van der Waals surface area contributed by atoms with Crippen LogP contribution in [-0.2, 0) is 33.0 Å². The minimum Gasteiger partial charge on any atom is -0.454 e. The third kappa shape index (κ3) is 4.99. The fourth-order valence-electron chi connectivity index (χ4n) is 5.69. The van der Waals surface area contributed by atoms with Gasteiger partial charge in [0.25, 0.3) is 5.56 Å². The molecule has 3 rings (SSSR count). The van der Waals surface area contributed by atoms with E-state index >= 15 is 0 Å². The first-order valence-electron chi connectivity index (χ1n) is 13.0. The standard InChI is InChI=1S/C25H42N2O8Si2/c1-11-25(27-13-12-21(29)26-24(27)30)23(32-19(10)28)22-20(33-25)14-31-36(15(2)3,16(4)5)35-37(34-22,17(6)7)18(8)9/h11-13,15-18,20,22-23H,1,14H2,2-10H3,(H,26,29,30)/t20-,22-,23-,25-/m1/s1. The fraction of sp³-hybridized carbons (Fsp3) is 0.720. The molecule has 4 atom stereocenters. The molecule has 1 N–H and O–H groups in total. The van der Waals surface area contributed by atoms with Crippen molar-refractivity contribution in [2.24, 2.45) is 0 Å². The van der Waals surface area contributed by atoms with Crippen molar-refractivity contribution in [1.29, 1.82) is 0 Å². The van der Waals surface area contributed by atoms with E-state index in [0.29, 0.717) is 0 Å². The summed E-state index contributed by atoms with van der Waals surface area (Å²) in [5, 5.41) is 0. The molecule has 0 bridgehead atoms. The van der Waals surface area contributed by atoms with Crippen molar-refractivity contribution >= 4 is 23.1 Å². The van der Waals surface area contributed by atoms with Crippen LogP contribution in [0, 0.1) is 0 Å². The van der Waals surface area contributed by atoms with Gasteiger partial charge in [-0.05, 0) is 28.2 Å². The number of aromatic nitrogens is 2. The number of nitrogens with zero attached hydrogens (tertiary/aromatic N) is 1. The van der Waals surface area contributed by atoms with E-state index in [1.807, 2.05) is 0 Å². The Hall–Kier alpha value is -1.84. The highest BCUT2D eigenvalue weighted by molar-refractivity contribution is 6.84. The molecule has 208 valence electrons. The minimum atomic E-state index is -3.07. The lowest BCUT2D eigenvalue weighted by atomic mass is 10.0. The van der Waals surface area contributed by atoms with Gasteiger partial charge in [0.2, 0.25) is 5.72 Å². The molecule has 2 aliphatic rings. The van der Waals surface area contributed by atoms with Crippen LogP contribution in [0.4, 0.5) is 0 Å². The highest BCUT2D eigenvalue weighted by Crippen LogP contribution is 2.50. The Morgan fingerprint density at radius 2 is 1.68 bits per heavy atom. The summed E-state index contributed by atoms with van der Waals surface area (Å²) in [5.41, 5.74) is -2.58. The number of esters is 1. The molecule has 0 aliphatic carbocycles. The first-order chi connectivity index (χ1) is 17.2. The summed E-state index contributed by atoms with van der Waals surface area (Å²) in [6.07, 6.45) is 0.147. The summed E-state index contributed by atoms with van der Waals surface area (Å²) >= 11 is 0. The second-order valence-electron chi connectivity index (χ2n) is 11.2. The molecule has 2 saturated heterocycles. The molecule has 3 heterocycles. The Bertz CT molecular complexity index is 1100. The maximum absolute atomic E-state index is 12.9. The second-order valence-corrected chi connectivity index (χ2v) is 20.0. The summed E-state index contributed by atoms with van der Waals surface area (Å²) in [6, 6.07) is 1.21. The normalized spacial score (nSPS) is 29.3. The molecule has 1 aromatic heterocycles. The van der Waals surface area contributed by atoms with Crippen molar-refractivity contribution in [3.63, 3.8) is 0 Å². The van der Waals surface area contributed by atoms with E-state index in [2.05, 4.69) is 67.0 Å². The van der Waals surface area contributed by atoms with Crippen molar-refractivity contribution in [2.75, 3.05) is 6.61 Å². The van der Waals surface area contributed by atoms with Crippen molar-refractivity contribution < 1.29 is 27.2 Å². The zero-order chi connectivity index (χ0) is 27.9. The Morgan fingerprint density at radius 3 is 2.14 bits per heavy atom. The number of fused-ring (bicyclic) bond motifs is 1. The Kier molecular flexibility index (Phi) is 8.62. The maximum Gasteiger partial charge on any atom is 0.335 e. The molecule has 0 saturated carbocycles. The van der Waals surface area contributed by atoms with Gasteiger partial charge in [0.1, 0.15) is 12.2 Å². The molecule has 2 aliphatic heterocycles. The molecular formula is C25H42N2O8Si2. The number of rotatable bonds is 7. The van der Waals surface area contributed by atoms with Crippen LogP contribution in [-0.4, -0.2) is 57.6 Å². The van der Waals surface area contributed by atoms with Gasteiger partial charge in [-0.25, -0.2) is 4.79 Å². The van der Waals surface area contributed by atoms with E-state index in [4.69, 9.17) is 22.4 Å². The van der Waals surface area contributed by atoms with Crippen LogP contribution in [0.15, 0.2) is 34.5 Å². The van der Waals surface area contributed by atoms with Gasteiger partial charge in [0.05, 0.1) is 6.61 Å². The summed E-state index contributed by atoms with van der Waals surface area (Å²) < 4.78 is 34.6. The van der Waals surface area contributed by atoms with Crippen molar-refractivity contribution in [3.05, 3.63) is 45.8 Å². The minimum absolute atomic E-state index is 0.0340. The maximum atomic E-state index is 12.9. The number of aromatic amines is 1. The molecule has 0 amide bonds. The number of ether oxygens (including phenoxy) is 2. The summed E-state index contributed by atoms with van der Waals surface area (Å²) in [5.74, 6) is -0.570. The molecule has 0 aromatic carbocycles. The molecule has 2 fully saturated rings. The first kappa shape index (κ1) is 29.7. The monoisotopic (exact) mass is 554 g/mol. The van der Waals surface area contributed by atoms with Crippen LogP contribution in [0.25, 0.3) is 0 Å². The van der Waals surface area contributed by atoms with Crippen LogP contribution in [0.3, 0.4) is 0 Å². The van der Waals surface area contributed by atoms with E-state index in [1.165, 1.54) is 29.8 Å². The highest BCUT2D eigenvalue weighted by atomic mass is 28.5. The van der Waals surface area contributed by atoms with E-state index in [9.17, 15) is 14.4 Å². The Labute approximate surface area is 220 Å². The predicted molar refractivity (Wildman–Crippen MR) is 144 cm³/mol. The molecule has 1 aromatic rings. The van der Waals surface area contributed by atoms with Gasteiger partial charge in [-0.1, -0.05) is 62.0 Å². The largest absolute Gasteiger partial charge is 0.454 e. The number of hydrogen-bond acceptors (Lipinski definition) is 8. The second kappa shape index (κ2) is 10.7.